The second kappa shape index (κ2) is 9.18. The molecule has 1 aromatic carbocycles. The predicted octanol–water partition coefficient (Wildman–Crippen LogP) is 4.53. The summed E-state index contributed by atoms with van der Waals surface area (Å²) in [6.07, 6.45) is 6.02. The van der Waals surface area contributed by atoms with Gasteiger partial charge in [0.25, 0.3) is 0 Å². The number of aliphatic hydroxyl groups excluding tert-OH is 1. The fourth-order valence-electron chi connectivity index (χ4n) is 4.90. The van der Waals surface area contributed by atoms with Crippen molar-refractivity contribution in [3.63, 3.8) is 0 Å². The van der Waals surface area contributed by atoms with Crippen LogP contribution in [0.1, 0.15) is 49.7 Å². The SMILES string of the molecule is C=CC[C@]1(CO)CC[C@@H](C(=C)C)[C@H](c2ccc(CN3CCOCC3)cc2)C1. The molecule has 2 fully saturated rings. The van der Waals surface area contributed by atoms with E-state index in [1.54, 1.807) is 0 Å². The van der Waals surface area contributed by atoms with E-state index in [9.17, 15) is 5.11 Å². The molecule has 1 aliphatic carbocycles. The Morgan fingerprint density at radius 3 is 2.59 bits per heavy atom. The number of nitrogens with zero attached hydrogens (tertiary/aromatic N) is 1. The highest BCUT2D eigenvalue weighted by molar-refractivity contribution is 5.29. The van der Waals surface area contributed by atoms with Gasteiger partial charge in [-0.15, -0.1) is 6.58 Å². The van der Waals surface area contributed by atoms with Gasteiger partial charge in [0.2, 0.25) is 0 Å². The van der Waals surface area contributed by atoms with Crippen LogP contribution >= 0.6 is 0 Å². The Labute approximate surface area is 164 Å². The first-order chi connectivity index (χ1) is 13.1. The van der Waals surface area contributed by atoms with Crippen molar-refractivity contribution >= 4 is 0 Å². The van der Waals surface area contributed by atoms with Gasteiger partial charge >= 0.3 is 0 Å². The van der Waals surface area contributed by atoms with Gasteiger partial charge in [0.15, 0.2) is 0 Å². The number of morpholine rings is 1. The quantitative estimate of drug-likeness (QED) is 0.717. The summed E-state index contributed by atoms with van der Waals surface area (Å²) in [6, 6.07) is 9.17. The average Bonchev–Trinajstić information content (AvgIpc) is 2.69. The van der Waals surface area contributed by atoms with E-state index >= 15 is 0 Å². The van der Waals surface area contributed by atoms with E-state index in [4.69, 9.17) is 4.74 Å². The summed E-state index contributed by atoms with van der Waals surface area (Å²) < 4.78 is 5.44. The van der Waals surface area contributed by atoms with Gasteiger partial charge in [0, 0.05) is 26.2 Å². The Morgan fingerprint density at radius 1 is 1.30 bits per heavy atom. The van der Waals surface area contributed by atoms with Crippen LogP contribution < -0.4 is 0 Å². The Hall–Kier alpha value is -1.42. The third-order valence-electron chi connectivity index (χ3n) is 6.59. The number of rotatable bonds is 7. The van der Waals surface area contributed by atoms with E-state index < -0.39 is 0 Å². The van der Waals surface area contributed by atoms with E-state index in [0.29, 0.717) is 11.8 Å². The van der Waals surface area contributed by atoms with Crippen molar-refractivity contribution in [1.82, 2.24) is 4.90 Å². The molecule has 148 valence electrons. The maximum absolute atomic E-state index is 10.1. The zero-order chi connectivity index (χ0) is 19.3. The molecule has 0 radical (unpaired) electrons. The molecule has 2 aliphatic rings. The second-order valence-electron chi connectivity index (χ2n) is 8.58. The van der Waals surface area contributed by atoms with E-state index in [2.05, 4.69) is 49.2 Å². The number of aliphatic hydroxyl groups is 1. The molecule has 0 aromatic heterocycles. The number of allylic oxidation sites excluding steroid dienone is 2. The average molecular weight is 370 g/mol. The lowest BCUT2D eigenvalue weighted by molar-refractivity contribution is 0.0342. The molecule has 0 amide bonds. The van der Waals surface area contributed by atoms with Crippen molar-refractivity contribution in [3.8, 4) is 0 Å². The van der Waals surface area contributed by atoms with Crippen LogP contribution in [-0.4, -0.2) is 42.9 Å². The zero-order valence-electron chi connectivity index (χ0n) is 16.8. The minimum atomic E-state index is -0.0230. The van der Waals surface area contributed by atoms with Crippen LogP contribution in [0.25, 0.3) is 0 Å². The van der Waals surface area contributed by atoms with Gasteiger partial charge in [-0.2, -0.15) is 0 Å². The molecule has 1 saturated carbocycles. The first-order valence-electron chi connectivity index (χ1n) is 10.3. The van der Waals surface area contributed by atoms with E-state index in [1.807, 2.05) is 6.08 Å². The fraction of sp³-hybridized carbons (Fsp3) is 0.583. The standard InChI is InChI=1S/C24H35NO2/c1-4-10-24(18-26)11-9-22(19(2)3)23(16-24)21-7-5-20(6-8-21)17-25-12-14-27-15-13-25/h4-8,22-23,26H,1-2,9-18H2,3H3/t22-,23-,24-/m0/s1. The zero-order valence-corrected chi connectivity index (χ0v) is 16.8. The lowest BCUT2D eigenvalue weighted by Crippen LogP contribution is -2.36. The molecule has 0 unspecified atom stereocenters. The molecule has 1 N–H and O–H groups in total. The van der Waals surface area contributed by atoms with Gasteiger partial charge in [-0.3, -0.25) is 4.90 Å². The predicted molar refractivity (Wildman–Crippen MR) is 112 cm³/mol. The monoisotopic (exact) mass is 369 g/mol. The normalized spacial score (nSPS) is 29.4. The third kappa shape index (κ3) is 4.90. The van der Waals surface area contributed by atoms with Crippen molar-refractivity contribution in [3.05, 3.63) is 60.2 Å². The molecule has 0 bridgehead atoms. The molecule has 1 aliphatic heterocycles. The van der Waals surface area contributed by atoms with Crippen LogP contribution in [0.5, 0.6) is 0 Å². The molecule has 3 rings (SSSR count). The maximum atomic E-state index is 10.1. The number of benzene rings is 1. The lowest BCUT2D eigenvalue weighted by atomic mass is 9.61. The summed E-state index contributed by atoms with van der Waals surface area (Å²) in [4.78, 5) is 2.46. The molecular formula is C24H35NO2. The van der Waals surface area contributed by atoms with Gasteiger partial charge in [0.05, 0.1) is 13.2 Å². The van der Waals surface area contributed by atoms with Gasteiger partial charge in [-0.1, -0.05) is 42.5 Å². The molecule has 1 heterocycles. The lowest BCUT2D eigenvalue weighted by Gasteiger charge is -2.44. The molecule has 27 heavy (non-hydrogen) atoms. The fourth-order valence-corrected chi connectivity index (χ4v) is 4.90. The smallest absolute Gasteiger partial charge is 0.0594 e. The molecule has 3 atom stereocenters. The Balaban J connectivity index is 1.75. The van der Waals surface area contributed by atoms with Crippen LogP contribution in [0.3, 0.4) is 0 Å². The molecular weight excluding hydrogens is 334 g/mol. The van der Waals surface area contributed by atoms with E-state index in [1.165, 1.54) is 16.7 Å². The van der Waals surface area contributed by atoms with Crippen molar-refractivity contribution in [2.75, 3.05) is 32.9 Å². The van der Waals surface area contributed by atoms with Gasteiger partial charge in [-0.25, -0.2) is 0 Å². The van der Waals surface area contributed by atoms with Crippen molar-refractivity contribution in [2.45, 2.75) is 45.1 Å². The summed E-state index contributed by atoms with van der Waals surface area (Å²) in [5, 5.41) is 10.1. The number of hydrogen-bond donors (Lipinski definition) is 1. The minimum Gasteiger partial charge on any atom is -0.396 e. The topological polar surface area (TPSA) is 32.7 Å². The molecule has 0 spiro atoms. The van der Waals surface area contributed by atoms with Crippen molar-refractivity contribution < 1.29 is 9.84 Å². The highest BCUT2D eigenvalue weighted by atomic mass is 16.5. The van der Waals surface area contributed by atoms with Crippen LogP contribution in [0, 0.1) is 11.3 Å². The largest absolute Gasteiger partial charge is 0.396 e. The molecule has 1 aromatic rings. The minimum absolute atomic E-state index is 0.0230. The summed E-state index contributed by atoms with van der Waals surface area (Å²) in [5.41, 5.74) is 3.99. The van der Waals surface area contributed by atoms with Crippen molar-refractivity contribution in [1.29, 1.82) is 0 Å². The second-order valence-corrected chi connectivity index (χ2v) is 8.58. The molecule has 3 heteroatoms. The Kier molecular flexibility index (Phi) is 6.91. The number of ether oxygens (including phenoxy) is 1. The Morgan fingerprint density at radius 2 is 2.00 bits per heavy atom. The number of hydrogen-bond acceptors (Lipinski definition) is 3. The Bertz CT molecular complexity index is 632. The summed E-state index contributed by atoms with van der Waals surface area (Å²) in [5.74, 6) is 0.931. The summed E-state index contributed by atoms with van der Waals surface area (Å²) >= 11 is 0. The molecule has 3 nitrogen and oxygen atoms in total. The summed E-state index contributed by atoms with van der Waals surface area (Å²) in [6.45, 7) is 15.3. The maximum Gasteiger partial charge on any atom is 0.0594 e. The van der Waals surface area contributed by atoms with Gasteiger partial charge in [0.1, 0.15) is 0 Å². The van der Waals surface area contributed by atoms with Crippen LogP contribution in [0.4, 0.5) is 0 Å². The molecule has 1 saturated heterocycles. The first-order valence-corrected chi connectivity index (χ1v) is 10.3. The first kappa shape index (κ1) is 20.3. The highest BCUT2D eigenvalue weighted by Crippen LogP contribution is 2.50. The van der Waals surface area contributed by atoms with Gasteiger partial charge in [-0.05, 0) is 61.0 Å². The van der Waals surface area contributed by atoms with E-state index in [0.717, 1.165) is 58.5 Å². The third-order valence-corrected chi connectivity index (χ3v) is 6.59. The highest BCUT2D eigenvalue weighted by Gasteiger charge is 2.40. The van der Waals surface area contributed by atoms with Gasteiger partial charge < -0.3 is 9.84 Å². The summed E-state index contributed by atoms with van der Waals surface area (Å²) in [7, 11) is 0. The van der Waals surface area contributed by atoms with Crippen LogP contribution in [-0.2, 0) is 11.3 Å². The van der Waals surface area contributed by atoms with Crippen LogP contribution in [0.15, 0.2) is 49.1 Å². The van der Waals surface area contributed by atoms with Crippen molar-refractivity contribution in [2.24, 2.45) is 11.3 Å². The van der Waals surface area contributed by atoms with E-state index in [-0.39, 0.29) is 12.0 Å². The van der Waals surface area contributed by atoms with Crippen LogP contribution in [0.2, 0.25) is 0 Å².